The van der Waals surface area contributed by atoms with E-state index in [9.17, 15) is 15.3 Å². The number of ether oxygens (including phenoxy) is 2. The van der Waals surface area contributed by atoms with Gasteiger partial charge in [0, 0.05) is 16.8 Å². The van der Waals surface area contributed by atoms with Gasteiger partial charge in [-0.25, -0.2) is 0 Å². The van der Waals surface area contributed by atoms with Crippen LogP contribution >= 0.6 is 0 Å². The van der Waals surface area contributed by atoms with E-state index >= 15 is 0 Å². The van der Waals surface area contributed by atoms with Crippen LogP contribution in [0.2, 0.25) is 0 Å². The highest BCUT2D eigenvalue weighted by atomic mass is 16.5. The Hall–Kier alpha value is -3.75. The predicted molar refractivity (Wildman–Crippen MR) is 94.9 cm³/mol. The van der Waals surface area contributed by atoms with Gasteiger partial charge in [-0.2, -0.15) is 4.98 Å². The number of para-hydroxylation sites is 1. The summed E-state index contributed by atoms with van der Waals surface area (Å²) in [5, 5.41) is 40.6. The Kier molecular flexibility index (Phi) is 4.03. The molecule has 4 N–H and O–H groups in total. The molecule has 2 aromatic carbocycles. The molecular formula is C18H16N4O5. The molecule has 0 amide bonds. The number of hydrogen-bond donors (Lipinski definition) is 4. The normalized spacial score (nSPS) is 14.9. The van der Waals surface area contributed by atoms with Crippen molar-refractivity contribution >= 4 is 5.69 Å². The summed E-state index contributed by atoms with van der Waals surface area (Å²) in [4.78, 5) is 4.27. The number of rotatable bonds is 3. The number of phenols is 3. The standard InChI is InChI=1S/C18H16N4O5/c1-2-26-18-20-17-14(21-22-18)10-5-3-4-6-11(10)19-16(27-17)9-7-12(23)15(25)13(24)8-9/h3-8,16,19,23-25H,2H2,1H3. The van der Waals surface area contributed by atoms with Crippen LogP contribution in [0.25, 0.3) is 11.3 Å². The molecule has 0 aliphatic carbocycles. The van der Waals surface area contributed by atoms with E-state index < -0.39 is 23.5 Å². The van der Waals surface area contributed by atoms with Gasteiger partial charge < -0.3 is 30.1 Å². The van der Waals surface area contributed by atoms with Gasteiger partial charge in [0.15, 0.2) is 29.2 Å². The molecule has 138 valence electrons. The highest BCUT2D eigenvalue weighted by Crippen LogP contribution is 2.42. The topological polar surface area (TPSA) is 130 Å². The summed E-state index contributed by atoms with van der Waals surface area (Å²) in [6.07, 6.45) is -0.823. The largest absolute Gasteiger partial charge is 0.504 e. The third-order valence-electron chi connectivity index (χ3n) is 4.00. The van der Waals surface area contributed by atoms with Crippen LogP contribution in [0.1, 0.15) is 18.7 Å². The molecule has 0 spiro atoms. The molecule has 0 bridgehead atoms. The maximum absolute atomic E-state index is 9.84. The molecule has 1 aliphatic rings. The molecule has 9 heteroatoms. The number of benzene rings is 2. The van der Waals surface area contributed by atoms with Crippen LogP contribution in [-0.4, -0.2) is 37.1 Å². The van der Waals surface area contributed by atoms with Crippen LogP contribution in [0.3, 0.4) is 0 Å². The predicted octanol–water partition coefficient (Wildman–Crippen LogP) is 2.56. The Labute approximate surface area is 153 Å². The van der Waals surface area contributed by atoms with Gasteiger partial charge in [0.25, 0.3) is 0 Å². The molecule has 0 saturated carbocycles. The first-order chi connectivity index (χ1) is 13.1. The summed E-state index contributed by atoms with van der Waals surface area (Å²) in [5.41, 5.74) is 2.23. The quantitative estimate of drug-likeness (QED) is 0.515. The molecule has 0 radical (unpaired) electrons. The molecule has 3 aromatic rings. The summed E-state index contributed by atoms with van der Waals surface area (Å²) in [6.45, 7) is 2.18. The van der Waals surface area contributed by atoms with Gasteiger partial charge >= 0.3 is 6.01 Å². The van der Waals surface area contributed by atoms with Gasteiger partial charge in [-0.3, -0.25) is 0 Å². The molecule has 1 atom stereocenters. The van der Waals surface area contributed by atoms with E-state index in [1.54, 1.807) is 6.92 Å². The highest BCUT2D eigenvalue weighted by Gasteiger charge is 2.27. The first-order valence-corrected chi connectivity index (χ1v) is 8.21. The van der Waals surface area contributed by atoms with E-state index in [1.165, 1.54) is 12.1 Å². The molecule has 1 unspecified atom stereocenters. The van der Waals surface area contributed by atoms with E-state index in [0.29, 0.717) is 23.6 Å². The lowest BCUT2D eigenvalue weighted by molar-refractivity contribution is 0.218. The van der Waals surface area contributed by atoms with Crippen molar-refractivity contribution in [3.63, 3.8) is 0 Å². The fraction of sp³-hybridized carbons (Fsp3) is 0.167. The fourth-order valence-electron chi connectivity index (χ4n) is 2.77. The van der Waals surface area contributed by atoms with Crippen LogP contribution in [-0.2, 0) is 0 Å². The lowest BCUT2D eigenvalue weighted by Crippen LogP contribution is -2.17. The number of aromatic hydroxyl groups is 3. The summed E-state index contributed by atoms with van der Waals surface area (Å²) >= 11 is 0. The number of nitrogens with one attached hydrogen (secondary N) is 1. The van der Waals surface area contributed by atoms with E-state index in [-0.39, 0.29) is 11.9 Å². The summed E-state index contributed by atoms with van der Waals surface area (Å²) in [6, 6.07) is 10.0. The first kappa shape index (κ1) is 16.7. The van der Waals surface area contributed by atoms with Crippen LogP contribution in [0, 0.1) is 0 Å². The van der Waals surface area contributed by atoms with Gasteiger partial charge in [0.2, 0.25) is 5.88 Å². The average molecular weight is 368 g/mol. The minimum atomic E-state index is -0.823. The Balaban J connectivity index is 1.84. The van der Waals surface area contributed by atoms with Gasteiger partial charge in [0.05, 0.1) is 6.61 Å². The van der Waals surface area contributed by atoms with Gasteiger partial charge in [-0.05, 0) is 25.1 Å². The van der Waals surface area contributed by atoms with Crippen molar-refractivity contribution in [1.82, 2.24) is 15.2 Å². The van der Waals surface area contributed by atoms with Crippen molar-refractivity contribution in [2.45, 2.75) is 13.2 Å². The Morgan fingerprint density at radius 1 is 1.11 bits per heavy atom. The molecule has 0 fully saturated rings. The van der Waals surface area contributed by atoms with Gasteiger partial charge in [-0.1, -0.05) is 23.3 Å². The Morgan fingerprint density at radius 3 is 2.59 bits per heavy atom. The van der Waals surface area contributed by atoms with E-state index in [1.807, 2.05) is 24.3 Å². The molecule has 2 heterocycles. The van der Waals surface area contributed by atoms with E-state index in [2.05, 4.69) is 20.5 Å². The minimum Gasteiger partial charge on any atom is -0.504 e. The molecule has 0 saturated heterocycles. The number of anilines is 1. The van der Waals surface area contributed by atoms with Crippen LogP contribution in [0.5, 0.6) is 29.1 Å². The van der Waals surface area contributed by atoms with Crippen molar-refractivity contribution in [2.24, 2.45) is 0 Å². The minimum absolute atomic E-state index is 0.0748. The SMILES string of the molecule is CCOc1nnc2c(n1)OC(c1cc(O)c(O)c(O)c1)Nc1ccccc1-2. The molecule has 1 aliphatic heterocycles. The van der Waals surface area contributed by atoms with Crippen molar-refractivity contribution in [2.75, 3.05) is 11.9 Å². The zero-order valence-corrected chi connectivity index (χ0v) is 14.2. The van der Waals surface area contributed by atoms with Crippen LogP contribution in [0.15, 0.2) is 36.4 Å². The number of nitrogens with zero attached hydrogens (tertiary/aromatic N) is 3. The number of hydrogen-bond acceptors (Lipinski definition) is 9. The maximum Gasteiger partial charge on any atom is 0.339 e. The second-order valence-electron chi connectivity index (χ2n) is 5.78. The second-order valence-corrected chi connectivity index (χ2v) is 5.78. The number of aromatic nitrogens is 3. The number of fused-ring (bicyclic) bond motifs is 3. The Bertz CT molecular complexity index is 988. The second kappa shape index (κ2) is 6.52. The maximum atomic E-state index is 9.84. The lowest BCUT2D eigenvalue weighted by Gasteiger charge is -2.20. The monoisotopic (exact) mass is 368 g/mol. The molecule has 1 aromatic heterocycles. The van der Waals surface area contributed by atoms with Crippen LogP contribution in [0.4, 0.5) is 5.69 Å². The highest BCUT2D eigenvalue weighted by molar-refractivity contribution is 5.79. The zero-order chi connectivity index (χ0) is 19.0. The number of phenolic OH excluding ortho intramolecular Hbond substituents is 3. The van der Waals surface area contributed by atoms with Crippen LogP contribution < -0.4 is 14.8 Å². The summed E-state index contributed by atoms with van der Waals surface area (Å²) < 4.78 is 11.3. The van der Waals surface area contributed by atoms with E-state index in [4.69, 9.17) is 9.47 Å². The molecule has 27 heavy (non-hydrogen) atoms. The van der Waals surface area contributed by atoms with Gasteiger partial charge in [-0.15, -0.1) is 5.10 Å². The van der Waals surface area contributed by atoms with Crippen molar-refractivity contribution in [3.8, 4) is 40.4 Å². The average Bonchev–Trinajstić information content (AvgIpc) is 2.82. The molecular weight excluding hydrogens is 352 g/mol. The molecule has 9 nitrogen and oxygen atoms in total. The third kappa shape index (κ3) is 2.99. The van der Waals surface area contributed by atoms with Crippen molar-refractivity contribution in [3.05, 3.63) is 42.0 Å². The zero-order valence-electron chi connectivity index (χ0n) is 14.2. The van der Waals surface area contributed by atoms with E-state index in [0.717, 1.165) is 5.56 Å². The first-order valence-electron chi connectivity index (χ1n) is 8.21. The smallest absolute Gasteiger partial charge is 0.339 e. The third-order valence-corrected chi connectivity index (χ3v) is 4.00. The van der Waals surface area contributed by atoms with Crippen molar-refractivity contribution in [1.29, 1.82) is 0 Å². The summed E-state index contributed by atoms with van der Waals surface area (Å²) in [5.74, 6) is -1.35. The Morgan fingerprint density at radius 2 is 1.85 bits per heavy atom. The summed E-state index contributed by atoms with van der Waals surface area (Å²) in [7, 11) is 0. The van der Waals surface area contributed by atoms with Gasteiger partial charge in [0.1, 0.15) is 0 Å². The van der Waals surface area contributed by atoms with Crippen molar-refractivity contribution < 1.29 is 24.8 Å². The fourth-order valence-corrected chi connectivity index (χ4v) is 2.77. The lowest BCUT2D eigenvalue weighted by atomic mass is 10.1. The molecule has 4 rings (SSSR count).